The van der Waals surface area contributed by atoms with Gasteiger partial charge in [-0.2, -0.15) is 13.5 Å². The molecule has 2 aromatic rings. The van der Waals surface area contributed by atoms with E-state index >= 15 is 0 Å². The summed E-state index contributed by atoms with van der Waals surface area (Å²) in [7, 11) is -3.93. The van der Waals surface area contributed by atoms with Crippen molar-refractivity contribution in [2.75, 3.05) is 0 Å². The standard InChI is InChI=1S/C15H14N2O4S/c1-12(18)17-16-11-13-7-5-6-10-15(13)21-22(19,20)14-8-3-2-4-9-14/h2-11H,1H3,(H,17,18)/b16-11-. The lowest BCUT2D eigenvalue weighted by Gasteiger charge is -2.09. The molecule has 114 valence electrons. The molecule has 0 bridgehead atoms. The highest BCUT2D eigenvalue weighted by Gasteiger charge is 2.17. The lowest BCUT2D eigenvalue weighted by molar-refractivity contribution is -0.118. The van der Waals surface area contributed by atoms with Gasteiger partial charge >= 0.3 is 10.1 Å². The molecule has 0 radical (unpaired) electrons. The zero-order valence-electron chi connectivity index (χ0n) is 11.8. The van der Waals surface area contributed by atoms with Crippen molar-refractivity contribution in [3.05, 3.63) is 60.2 Å². The quantitative estimate of drug-likeness (QED) is 0.518. The second kappa shape index (κ2) is 6.86. The minimum Gasteiger partial charge on any atom is -0.378 e. The lowest BCUT2D eigenvalue weighted by atomic mass is 10.2. The summed E-state index contributed by atoms with van der Waals surface area (Å²) in [6.45, 7) is 1.32. The Bertz CT molecular complexity index is 786. The van der Waals surface area contributed by atoms with Crippen molar-refractivity contribution in [3.8, 4) is 5.75 Å². The molecule has 0 aliphatic carbocycles. The molecule has 0 saturated carbocycles. The van der Waals surface area contributed by atoms with Crippen LogP contribution >= 0.6 is 0 Å². The SMILES string of the molecule is CC(=O)N/N=C\c1ccccc1OS(=O)(=O)c1ccccc1. The van der Waals surface area contributed by atoms with Crippen molar-refractivity contribution >= 4 is 22.2 Å². The molecule has 0 atom stereocenters. The van der Waals surface area contributed by atoms with Gasteiger partial charge in [0.1, 0.15) is 4.90 Å². The number of hydrazone groups is 1. The van der Waals surface area contributed by atoms with Crippen LogP contribution in [0.1, 0.15) is 12.5 Å². The van der Waals surface area contributed by atoms with Gasteiger partial charge in [-0.3, -0.25) is 4.79 Å². The van der Waals surface area contributed by atoms with Crippen molar-refractivity contribution in [1.82, 2.24) is 5.43 Å². The van der Waals surface area contributed by atoms with E-state index in [9.17, 15) is 13.2 Å². The van der Waals surface area contributed by atoms with E-state index < -0.39 is 10.1 Å². The van der Waals surface area contributed by atoms with Crippen LogP contribution in [0, 0.1) is 0 Å². The summed E-state index contributed by atoms with van der Waals surface area (Å²) in [4.78, 5) is 10.8. The Morgan fingerprint density at radius 2 is 1.73 bits per heavy atom. The predicted octanol–water partition coefficient (Wildman–Crippen LogP) is 1.92. The van der Waals surface area contributed by atoms with E-state index in [-0.39, 0.29) is 16.6 Å². The maximum Gasteiger partial charge on any atom is 0.339 e. The molecule has 0 saturated heterocycles. The molecule has 2 aromatic carbocycles. The number of para-hydroxylation sites is 1. The van der Waals surface area contributed by atoms with Crippen LogP contribution in [0.4, 0.5) is 0 Å². The maximum atomic E-state index is 12.2. The summed E-state index contributed by atoms with van der Waals surface area (Å²) in [5.41, 5.74) is 2.67. The zero-order chi connectivity index (χ0) is 16.0. The van der Waals surface area contributed by atoms with Crippen LogP contribution in [-0.2, 0) is 14.9 Å². The van der Waals surface area contributed by atoms with Crippen LogP contribution in [-0.4, -0.2) is 20.5 Å². The minimum absolute atomic E-state index is 0.0589. The van der Waals surface area contributed by atoms with Gasteiger partial charge < -0.3 is 4.18 Å². The van der Waals surface area contributed by atoms with Gasteiger partial charge in [0.05, 0.1) is 6.21 Å². The van der Waals surface area contributed by atoms with Crippen molar-refractivity contribution in [2.45, 2.75) is 11.8 Å². The number of carbonyl (C=O) groups is 1. The Hall–Kier alpha value is -2.67. The molecule has 0 aromatic heterocycles. The van der Waals surface area contributed by atoms with E-state index in [0.29, 0.717) is 5.56 Å². The Morgan fingerprint density at radius 1 is 1.09 bits per heavy atom. The molecule has 0 aliphatic rings. The first-order valence-corrected chi connectivity index (χ1v) is 7.78. The van der Waals surface area contributed by atoms with Crippen LogP contribution in [0.25, 0.3) is 0 Å². The number of hydrogen-bond acceptors (Lipinski definition) is 5. The van der Waals surface area contributed by atoms with E-state index in [4.69, 9.17) is 4.18 Å². The Kier molecular flexibility index (Phi) is 4.90. The third-order valence-electron chi connectivity index (χ3n) is 2.58. The molecular formula is C15H14N2O4S. The summed E-state index contributed by atoms with van der Waals surface area (Å²) < 4.78 is 29.5. The smallest absolute Gasteiger partial charge is 0.339 e. The third-order valence-corrected chi connectivity index (χ3v) is 3.82. The Labute approximate surface area is 128 Å². The topological polar surface area (TPSA) is 84.8 Å². The van der Waals surface area contributed by atoms with E-state index in [0.717, 1.165) is 0 Å². The van der Waals surface area contributed by atoms with Gasteiger partial charge in [-0.25, -0.2) is 5.43 Å². The van der Waals surface area contributed by atoms with Crippen molar-refractivity contribution in [3.63, 3.8) is 0 Å². The molecule has 0 spiro atoms. The van der Waals surface area contributed by atoms with Gasteiger partial charge in [0, 0.05) is 12.5 Å². The molecule has 22 heavy (non-hydrogen) atoms. The van der Waals surface area contributed by atoms with E-state index in [1.165, 1.54) is 31.3 Å². The van der Waals surface area contributed by atoms with Gasteiger partial charge in [-0.15, -0.1) is 0 Å². The Balaban J connectivity index is 2.27. The van der Waals surface area contributed by atoms with Crippen LogP contribution < -0.4 is 9.61 Å². The van der Waals surface area contributed by atoms with Gasteiger partial charge in [0.15, 0.2) is 5.75 Å². The molecule has 7 heteroatoms. The first-order chi connectivity index (χ1) is 10.5. The highest BCUT2D eigenvalue weighted by atomic mass is 32.2. The fourth-order valence-corrected chi connectivity index (χ4v) is 2.58. The predicted molar refractivity (Wildman–Crippen MR) is 82.1 cm³/mol. The largest absolute Gasteiger partial charge is 0.378 e. The number of nitrogens with zero attached hydrogens (tertiary/aromatic N) is 1. The highest BCUT2D eigenvalue weighted by molar-refractivity contribution is 7.87. The molecule has 0 aliphatic heterocycles. The first-order valence-electron chi connectivity index (χ1n) is 6.37. The van der Waals surface area contributed by atoms with Gasteiger partial charge in [-0.05, 0) is 24.3 Å². The molecule has 1 N–H and O–H groups in total. The fraction of sp³-hybridized carbons (Fsp3) is 0.0667. The fourth-order valence-electron chi connectivity index (χ4n) is 1.61. The normalized spacial score (nSPS) is 11.3. The van der Waals surface area contributed by atoms with Gasteiger partial charge in [0.2, 0.25) is 5.91 Å². The van der Waals surface area contributed by atoms with Crippen molar-refractivity contribution in [2.24, 2.45) is 5.10 Å². The number of hydrogen-bond donors (Lipinski definition) is 1. The highest BCUT2D eigenvalue weighted by Crippen LogP contribution is 2.21. The molecule has 6 nitrogen and oxygen atoms in total. The van der Waals surface area contributed by atoms with Gasteiger partial charge in [-0.1, -0.05) is 30.3 Å². The number of rotatable bonds is 5. The first kappa shape index (κ1) is 15.7. The van der Waals surface area contributed by atoms with Crippen molar-refractivity contribution < 1.29 is 17.4 Å². The summed E-state index contributed by atoms with van der Waals surface area (Å²) in [6.07, 6.45) is 1.32. The van der Waals surface area contributed by atoms with Crippen molar-refractivity contribution in [1.29, 1.82) is 0 Å². The second-order valence-electron chi connectivity index (χ2n) is 4.31. The van der Waals surface area contributed by atoms with E-state index in [1.54, 1.807) is 36.4 Å². The monoisotopic (exact) mass is 318 g/mol. The summed E-state index contributed by atoms with van der Waals surface area (Å²) in [6, 6.07) is 14.3. The summed E-state index contributed by atoms with van der Waals surface area (Å²) in [5, 5.41) is 3.71. The molecule has 0 unspecified atom stereocenters. The Morgan fingerprint density at radius 3 is 2.41 bits per heavy atom. The molecular weight excluding hydrogens is 304 g/mol. The third kappa shape index (κ3) is 4.16. The second-order valence-corrected chi connectivity index (χ2v) is 5.86. The zero-order valence-corrected chi connectivity index (χ0v) is 12.6. The molecule has 0 heterocycles. The molecule has 1 amide bonds. The summed E-state index contributed by atoms with van der Waals surface area (Å²) >= 11 is 0. The molecule has 2 rings (SSSR count). The van der Waals surface area contributed by atoms with Crippen LogP contribution in [0.5, 0.6) is 5.75 Å². The lowest BCUT2D eigenvalue weighted by Crippen LogP contribution is -2.13. The average molecular weight is 318 g/mol. The average Bonchev–Trinajstić information content (AvgIpc) is 2.49. The van der Waals surface area contributed by atoms with Crippen LogP contribution in [0.3, 0.4) is 0 Å². The van der Waals surface area contributed by atoms with E-state index in [2.05, 4.69) is 10.5 Å². The molecule has 0 fully saturated rings. The maximum absolute atomic E-state index is 12.2. The van der Waals surface area contributed by atoms with Crippen LogP contribution in [0.15, 0.2) is 64.6 Å². The summed E-state index contributed by atoms with van der Waals surface area (Å²) in [5.74, 6) is -0.202. The number of nitrogens with one attached hydrogen (secondary N) is 1. The van der Waals surface area contributed by atoms with E-state index in [1.807, 2.05) is 0 Å². The number of benzene rings is 2. The van der Waals surface area contributed by atoms with Gasteiger partial charge in [0.25, 0.3) is 0 Å². The minimum atomic E-state index is -3.93. The number of carbonyl (C=O) groups excluding carboxylic acids is 1. The van der Waals surface area contributed by atoms with Crippen LogP contribution in [0.2, 0.25) is 0 Å². The number of amides is 1.